The van der Waals surface area contributed by atoms with E-state index in [2.05, 4.69) is 38.2 Å². The molecule has 0 bridgehead atoms. The minimum Gasteiger partial charge on any atom is -0.462 e. The molecule has 2 saturated heterocycles. The van der Waals surface area contributed by atoms with Gasteiger partial charge < -0.3 is 64.2 Å². The first kappa shape index (κ1) is 65.1. The molecule has 0 aromatic carbocycles. The first-order valence-electron chi connectivity index (χ1n) is 28.4. The van der Waals surface area contributed by atoms with Crippen LogP contribution in [0, 0.1) is 0 Å². The molecule has 0 amide bonds. The third-order valence-corrected chi connectivity index (χ3v) is 13.7. The number of hydrogen-bond acceptors (Lipinski definition) is 15. The van der Waals surface area contributed by atoms with Gasteiger partial charge in [0.1, 0.15) is 55.4 Å². The Morgan fingerprint density at radius 1 is 0.451 bits per heavy atom. The molecular formula is C56H102O15. The van der Waals surface area contributed by atoms with E-state index in [-0.39, 0.29) is 26.1 Å². The van der Waals surface area contributed by atoms with E-state index in [4.69, 9.17) is 28.4 Å². The van der Waals surface area contributed by atoms with Crippen molar-refractivity contribution < 1.29 is 73.8 Å². The number of allylic oxidation sites excluding steroid dienone is 4. The van der Waals surface area contributed by atoms with Crippen molar-refractivity contribution >= 4 is 11.9 Å². The van der Waals surface area contributed by atoms with Crippen LogP contribution < -0.4 is 0 Å². The maximum Gasteiger partial charge on any atom is 0.306 e. The Hall–Kier alpha value is -2.02. The van der Waals surface area contributed by atoms with Crippen molar-refractivity contribution in [2.24, 2.45) is 0 Å². The highest BCUT2D eigenvalue weighted by atomic mass is 16.7. The summed E-state index contributed by atoms with van der Waals surface area (Å²) in [6, 6.07) is 0. The molecule has 11 atom stereocenters. The van der Waals surface area contributed by atoms with Gasteiger partial charge in [0.05, 0.1) is 19.8 Å². The van der Waals surface area contributed by atoms with E-state index in [1.807, 2.05) is 0 Å². The highest BCUT2D eigenvalue weighted by Gasteiger charge is 2.47. The molecule has 0 aliphatic carbocycles. The van der Waals surface area contributed by atoms with Crippen LogP contribution in [-0.2, 0) is 38.0 Å². The van der Waals surface area contributed by atoms with E-state index in [9.17, 15) is 45.3 Å². The first-order chi connectivity index (χ1) is 34.5. The van der Waals surface area contributed by atoms with Crippen LogP contribution in [0.1, 0.15) is 226 Å². The molecule has 0 saturated carbocycles. The van der Waals surface area contributed by atoms with Crippen LogP contribution in [0.25, 0.3) is 0 Å². The summed E-state index contributed by atoms with van der Waals surface area (Å²) in [5.74, 6) is -0.930. The molecule has 416 valence electrons. The predicted octanol–water partition coefficient (Wildman–Crippen LogP) is 9.11. The maximum atomic E-state index is 13.0. The van der Waals surface area contributed by atoms with Gasteiger partial charge in [0.25, 0.3) is 0 Å². The fraction of sp³-hybridized carbons (Fsp3) is 0.893. The Morgan fingerprint density at radius 3 is 1.34 bits per heavy atom. The fourth-order valence-corrected chi connectivity index (χ4v) is 9.01. The zero-order chi connectivity index (χ0) is 51.7. The van der Waals surface area contributed by atoms with Crippen LogP contribution in [0.3, 0.4) is 0 Å². The van der Waals surface area contributed by atoms with E-state index in [0.29, 0.717) is 12.8 Å². The summed E-state index contributed by atoms with van der Waals surface area (Å²) >= 11 is 0. The molecule has 2 heterocycles. The SMILES string of the molecule is CCCCC/C=C\C/C=C\CCCCCCCC(=O)OC(COC(=O)CCCCCCCCCCCCCCCCCCCCCC)COC1OC(COC2OC(CO)C(O)C(O)C2O)C(O)C(O)C1O. The third-order valence-electron chi connectivity index (χ3n) is 13.7. The lowest BCUT2D eigenvalue weighted by atomic mass is 9.98. The van der Waals surface area contributed by atoms with E-state index < -0.39 is 92.7 Å². The molecule has 7 N–H and O–H groups in total. The second-order valence-electron chi connectivity index (χ2n) is 20.1. The van der Waals surface area contributed by atoms with Crippen LogP contribution in [0.4, 0.5) is 0 Å². The van der Waals surface area contributed by atoms with Gasteiger partial charge in [0.2, 0.25) is 0 Å². The number of carbonyl (C=O) groups excluding carboxylic acids is 2. The number of unbranched alkanes of at least 4 members (excludes halogenated alkanes) is 27. The van der Waals surface area contributed by atoms with E-state index >= 15 is 0 Å². The summed E-state index contributed by atoms with van der Waals surface area (Å²) in [6.07, 6.45) is 29.1. The molecule has 0 spiro atoms. The van der Waals surface area contributed by atoms with Crippen molar-refractivity contribution in [1.82, 2.24) is 0 Å². The normalized spacial score (nSPS) is 25.3. The maximum absolute atomic E-state index is 13.0. The summed E-state index contributed by atoms with van der Waals surface area (Å²) in [7, 11) is 0. The van der Waals surface area contributed by atoms with Gasteiger partial charge in [-0.1, -0.05) is 192 Å². The van der Waals surface area contributed by atoms with Gasteiger partial charge in [0.15, 0.2) is 18.7 Å². The molecule has 0 aromatic heterocycles. The predicted molar refractivity (Wildman–Crippen MR) is 275 cm³/mol. The smallest absolute Gasteiger partial charge is 0.306 e. The Labute approximate surface area is 428 Å². The van der Waals surface area contributed by atoms with E-state index in [1.54, 1.807) is 0 Å². The summed E-state index contributed by atoms with van der Waals surface area (Å²) in [6.45, 7) is 2.59. The first-order valence-corrected chi connectivity index (χ1v) is 28.4. The largest absolute Gasteiger partial charge is 0.462 e. The quantitative estimate of drug-likeness (QED) is 0.0171. The molecule has 2 aliphatic heterocycles. The van der Waals surface area contributed by atoms with Gasteiger partial charge in [-0.3, -0.25) is 9.59 Å². The van der Waals surface area contributed by atoms with Crippen molar-refractivity contribution in [2.45, 2.75) is 293 Å². The van der Waals surface area contributed by atoms with Crippen LogP contribution in [-0.4, -0.2) is 142 Å². The highest BCUT2D eigenvalue weighted by Crippen LogP contribution is 2.27. The van der Waals surface area contributed by atoms with Gasteiger partial charge >= 0.3 is 11.9 Å². The Bertz CT molecular complexity index is 1330. The second-order valence-corrected chi connectivity index (χ2v) is 20.1. The van der Waals surface area contributed by atoms with Crippen LogP contribution >= 0.6 is 0 Å². The second kappa shape index (κ2) is 43.2. The summed E-state index contributed by atoms with van der Waals surface area (Å²) in [5, 5.41) is 72.2. The average Bonchev–Trinajstić information content (AvgIpc) is 3.36. The van der Waals surface area contributed by atoms with Crippen LogP contribution in [0.15, 0.2) is 24.3 Å². The van der Waals surface area contributed by atoms with Crippen molar-refractivity contribution in [2.75, 3.05) is 26.4 Å². The van der Waals surface area contributed by atoms with Gasteiger partial charge in [0, 0.05) is 12.8 Å². The van der Waals surface area contributed by atoms with Crippen molar-refractivity contribution in [3.05, 3.63) is 24.3 Å². The fourth-order valence-electron chi connectivity index (χ4n) is 9.01. The number of aliphatic hydroxyl groups excluding tert-OH is 7. The lowest BCUT2D eigenvalue weighted by molar-refractivity contribution is -0.332. The van der Waals surface area contributed by atoms with Crippen molar-refractivity contribution in [3.8, 4) is 0 Å². The van der Waals surface area contributed by atoms with Gasteiger partial charge in [-0.25, -0.2) is 0 Å². The molecule has 2 rings (SSSR count). The number of ether oxygens (including phenoxy) is 6. The third kappa shape index (κ3) is 30.8. The topological polar surface area (TPSA) is 231 Å². The summed E-state index contributed by atoms with van der Waals surface area (Å²) < 4.78 is 33.7. The molecule has 15 nitrogen and oxygen atoms in total. The summed E-state index contributed by atoms with van der Waals surface area (Å²) in [5.41, 5.74) is 0. The zero-order valence-corrected chi connectivity index (χ0v) is 44.2. The molecule has 0 radical (unpaired) electrons. The Kier molecular flexibility index (Phi) is 39.6. The molecule has 71 heavy (non-hydrogen) atoms. The minimum absolute atomic E-state index is 0.152. The van der Waals surface area contributed by atoms with Gasteiger partial charge in [-0.05, 0) is 44.9 Å². The lowest BCUT2D eigenvalue weighted by Gasteiger charge is -2.42. The van der Waals surface area contributed by atoms with Gasteiger partial charge in [-0.2, -0.15) is 0 Å². The Balaban J connectivity index is 1.75. The number of rotatable bonds is 45. The molecule has 11 unspecified atom stereocenters. The minimum atomic E-state index is -1.77. The number of hydrogen-bond donors (Lipinski definition) is 7. The summed E-state index contributed by atoms with van der Waals surface area (Å²) in [4.78, 5) is 25.8. The van der Waals surface area contributed by atoms with Crippen molar-refractivity contribution in [3.63, 3.8) is 0 Å². The monoisotopic (exact) mass is 1010 g/mol. The van der Waals surface area contributed by atoms with E-state index in [0.717, 1.165) is 64.2 Å². The molecular weight excluding hydrogens is 913 g/mol. The Morgan fingerprint density at radius 2 is 0.845 bits per heavy atom. The molecule has 0 aromatic rings. The number of carbonyl (C=O) groups is 2. The zero-order valence-electron chi connectivity index (χ0n) is 44.2. The molecule has 2 fully saturated rings. The van der Waals surface area contributed by atoms with Crippen LogP contribution in [0.5, 0.6) is 0 Å². The highest BCUT2D eigenvalue weighted by molar-refractivity contribution is 5.70. The number of aliphatic hydroxyl groups is 7. The lowest BCUT2D eigenvalue weighted by Crippen LogP contribution is -2.61. The molecule has 2 aliphatic rings. The molecule has 15 heteroatoms. The van der Waals surface area contributed by atoms with Crippen molar-refractivity contribution in [1.29, 1.82) is 0 Å². The standard InChI is InChI=1S/C56H102O15/c1-3-5-7-9-11-13-15-17-19-20-21-22-23-25-26-28-30-32-34-36-38-47(58)66-41-44(69-48(59)39-37-35-33-31-29-27-24-18-16-14-12-10-8-6-4-2)42-67-55-54(65)52(63)50(61)46(71-55)43-68-56-53(64)51(62)49(60)45(40-57)70-56/h12,14,18,24,44-46,49-57,60-65H,3-11,13,15-17,19-23,25-43H2,1-2H3/b14-12-,24-18-. The average molecular weight is 1020 g/mol. The van der Waals surface area contributed by atoms with Gasteiger partial charge in [-0.15, -0.1) is 0 Å². The number of esters is 2. The van der Waals surface area contributed by atoms with E-state index in [1.165, 1.54) is 122 Å². The van der Waals surface area contributed by atoms with Crippen LogP contribution in [0.2, 0.25) is 0 Å².